The number of carbonyl (C=O) groups excluding carboxylic acids is 1. The summed E-state index contributed by atoms with van der Waals surface area (Å²) in [5.41, 5.74) is 7.22. The van der Waals surface area contributed by atoms with Crippen LogP contribution in [0.5, 0.6) is 11.5 Å². The van der Waals surface area contributed by atoms with E-state index >= 15 is 0 Å². The average Bonchev–Trinajstić information content (AvgIpc) is 3.57. The van der Waals surface area contributed by atoms with Crippen molar-refractivity contribution in [2.75, 3.05) is 25.6 Å². The van der Waals surface area contributed by atoms with E-state index < -0.39 is 11.7 Å². The van der Waals surface area contributed by atoms with E-state index in [0.29, 0.717) is 46.4 Å². The molecule has 9 heteroatoms. The number of methoxy groups -OCH3 is 1. The van der Waals surface area contributed by atoms with Crippen LogP contribution in [0.1, 0.15) is 23.2 Å². The predicted octanol–water partition coefficient (Wildman–Crippen LogP) is 4.01. The van der Waals surface area contributed by atoms with E-state index in [1.165, 1.54) is 44.3 Å². The van der Waals surface area contributed by atoms with Gasteiger partial charge in [-0.05, 0) is 37.1 Å². The number of rotatable bonds is 9. The van der Waals surface area contributed by atoms with Crippen LogP contribution in [0.15, 0.2) is 36.5 Å². The van der Waals surface area contributed by atoms with Crippen molar-refractivity contribution < 1.29 is 18.7 Å². The van der Waals surface area contributed by atoms with Crippen LogP contribution < -0.4 is 25.8 Å². The predicted molar refractivity (Wildman–Crippen MR) is 118 cm³/mol. The van der Waals surface area contributed by atoms with Gasteiger partial charge in [-0.1, -0.05) is 11.6 Å². The van der Waals surface area contributed by atoms with Crippen LogP contribution in [0, 0.1) is 5.82 Å². The number of pyridine rings is 1. The highest BCUT2D eigenvalue weighted by Crippen LogP contribution is 2.37. The average molecular weight is 445 g/mol. The number of ether oxygens (including phenoxy) is 2. The molecule has 1 aromatic heterocycles. The van der Waals surface area contributed by atoms with Gasteiger partial charge in [-0.2, -0.15) is 0 Å². The zero-order chi connectivity index (χ0) is 22.0. The van der Waals surface area contributed by atoms with Crippen LogP contribution in [-0.4, -0.2) is 37.2 Å². The lowest BCUT2D eigenvalue weighted by atomic mass is 10.1. The maximum atomic E-state index is 13.5. The first-order valence-electron chi connectivity index (χ1n) is 9.85. The van der Waals surface area contributed by atoms with Crippen LogP contribution in [0.2, 0.25) is 5.02 Å². The monoisotopic (exact) mass is 444 g/mol. The van der Waals surface area contributed by atoms with Gasteiger partial charge in [-0.3, -0.25) is 9.78 Å². The van der Waals surface area contributed by atoms with E-state index in [4.69, 9.17) is 26.8 Å². The van der Waals surface area contributed by atoms with Crippen molar-refractivity contribution in [2.45, 2.75) is 18.9 Å². The van der Waals surface area contributed by atoms with Gasteiger partial charge in [0.25, 0.3) is 5.91 Å². The number of amides is 1. The number of nitrogens with zero attached hydrogens (tertiary/aromatic N) is 1. The maximum absolute atomic E-state index is 13.5. The molecule has 0 unspecified atom stereocenters. The largest absolute Gasteiger partial charge is 0.493 e. The Bertz CT molecular complexity index is 1140. The van der Waals surface area contributed by atoms with E-state index in [2.05, 4.69) is 15.6 Å². The molecule has 1 heterocycles. The number of nitrogens with two attached hydrogens (primary N) is 1. The summed E-state index contributed by atoms with van der Waals surface area (Å²) in [7, 11) is 1.54. The Morgan fingerprint density at radius 1 is 1.29 bits per heavy atom. The number of fused-ring (bicyclic) bond motifs is 1. The Kier molecular flexibility index (Phi) is 6.11. The summed E-state index contributed by atoms with van der Waals surface area (Å²) >= 11 is 5.89. The molecule has 1 saturated carbocycles. The van der Waals surface area contributed by atoms with Crippen molar-refractivity contribution in [3.63, 3.8) is 0 Å². The summed E-state index contributed by atoms with van der Waals surface area (Å²) in [6.45, 7) is 1.22. The third-order valence-electron chi connectivity index (χ3n) is 4.98. The molecule has 31 heavy (non-hydrogen) atoms. The lowest BCUT2D eigenvalue weighted by Gasteiger charge is -2.16. The van der Waals surface area contributed by atoms with Crippen molar-refractivity contribution in [1.82, 2.24) is 10.3 Å². The molecule has 0 aliphatic heterocycles. The van der Waals surface area contributed by atoms with Gasteiger partial charge in [0.05, 0.1) is 28.9 Å². The highest BCUT2D eigenvalue weighted by Gasteiger charge is 2.20. The van der Waals surface area contributed by atoms with Crippen molar-refractivity contribution >= 4 is 39.8 Å². The lowest BCUT2D eigenvalue weighted by Crippen LogP contribution is -2.22. The van der Waals surface area contributed by atoms with Gasteiger partial charge < -0.3 is 25.8 Å². The Morgan fingerprint density at radius 3 is 2.77 bits per heavy atom. The topological polar surface area (TPSA) is 98.5 Å². The molecule has 1 fully saturated rings. The molecular weight excluding hydrogens is 423 g/mol. The summed E-state index contributed by atoms with van der Waals surface area (Å²) in [6.07, 6.45) is 3.81. The smallest absolute Gasteiger partial charge is 0.252 e. The molecule has 2 aromatic carbocycles. The Labute approximate surface area is 183 Å². The SMILES string of the molecule is COc1cc2c(Nc3ccc(F)c(Cl)c3)c(C(N)=O)cnc2cc1OCCNC1CC1. The fourth-order valence-corrected chi connectivity index (χ4v) is 3.40. The third kappa shape index (κ3) is 4.81. The van der Waals surface area contributed by atoms with E-state index in [1.807, 2.05) is 0 Å². The fourth-order valence-electron chi connectivity index (χ4n) is 3.22. The van der Waals surface area contributed by atoms with Gasteiger partial charge in [0.15, 0.2) is 11.5 Å². The standard InChI is InChI=1S/C22H22ClFN4O3/c1-30-19-9-14-18(10-20(19)31-7-6-26-12-2-3-12)27-11-15(22(25)29)21(14)28-13-4-5-17(24)16(23)8-13/h4-5,8-12,26H,2-3,6-7H2,1H3,(H2,25,29)(H,27,28). The third-order valence-corrected chi connectivity index (χ3v) is 5.27. The number of halogens is 2. The van der Waals surface area contributed by atoms with Gasteiger partial charge in [0, 0.05) is 35.9 Å². The number of primary amides is 1. The van der Waals surface area contributed by atoms with Crippen molar-refractivity contribution in [2.24, 2.45) is 5.73 Å². The van der Waals surface area contributed by atoms with E-state index in [1.54, 1.807) is 12.1 Å². The molecule has 0 saturated heterocycles. The minimum Gasteiger partial charge on any atom is -0.493 e. The van der Waals surface area contributed by atoms with Crippen LogP contribution in [-0.2, 0) is 0 Å². The molecule has 7 nitrogen and oxygen atoms in total. The maximum Gasteiger partial charge on any atom is 0.252 e. The van der Waals surface area contributed by atoms with Crippen LogP contribution in [0.4, 0.5) is 15.8 Å². The molecular formula is C22H22ClFN4O3. The number of aromatic nitrogens is 1. The first kappa shape index (κ1) is 21.1. The highest BCUT2D eigenvalue weighted by atomic mass is 35.5. The van der Waals surface area contributed by atoms with E-state index in [0.717, 1.165) is 6.54 Å². The summed E-state index contributed by atoms with van der Waals surface area (Å²) < 4.78 is 24.9. The normalized spacial score (nSPS) is 13.3. The molecule has 4 N–H and O–H groups in total. The number of hydrogen-bond acceptors (Lipinski definition) is 6. The fraction of sp³-hybridized carbons (Fsp3) is 0.273. The molecule has 4 rings (SSSR count). The molecule has 0 spiro atoms. The Hall–Kier alpha value is -3.10. The second-order valence-electron chi connectivity index (χ2n) is 7.26. The van der Waals surface area contributed by atoms with Crippen molar-refractivity contribution in [3.05, 3.63) is 52.9 Å². The van der Waals surface area contributed by atoms with Gasteiger partial charge in [-0.15, -0.1) is 0 Å². The van der Waals surface area contributed by atoms with E-state index in [9.17, 15) is 9.18 Å². The van der Waals surface area contributed by atoms with Crippen LogP contribution in [0.25, 0.3) is 10.9 Å². The first-order chi connectivity index (χ1) is 15.0. The number of hydrogen-bond donors (Lipinski definition) is 3. The second kappa shape index (κ2) is 8.95. The quantitative estimate of drug-likeness (QED) is 0.431. The minimum absolute atomic E-state index is 0.0444. The second-order valence-corrected chi connectivity index (χ2v) is 7.67. The molecule has 1 aliphatic rings. The Balaban J connectivity index is 1.70. The Morgan fingerprint density at radius 2 is 2.10 bits per heavy atom. The summed E-state index contributed by atoms with van der Waals surface area (Å²) in [5, 5.41) is 7.05. The zero-order valence-electron chi connectivity index (χ0n) is 16.9. The molecule has 0 bridgehead atoms. The molecule has 162 valence electrons. The summed E-state index contributed by atoms with van der Waals surface area (Å²) in [4.78, 5) is 16.4. The highest BCUT2D eigenvalue weighted by molar-refractivity contribution is 6.31. The zero-order valence-corrected chi connectivity index (χ0v) is 17.6. The van der Waals surface area contributed by atoms with E-state index in [-0.39, 0.29) is 10.6 Å². The first-order valence-corrected chi connectivity index (χ1v) is 10.2. The van der Waals surface area contributed by atoms with Gasteiger partial charge in [0.2, 0.25) is 0 Å². The lowest BCUT2D eigenvalue weighted by molar-refractivity contribution is 0.100. The molecule has 0 atom stereocenters. The summed E-state index contributed by atoms with van der Waals surface area (Å²) in [5.74, 6) is -0.164. The minimum atomic E-state index is -0.657. The molecule has 1 amide bonds. The van der Waals surface area contributed by atoms with Crippen LogP contribution in [0.3, 0.4) is 0 Å². The van der Waals surface area contributed by atoms with Crippen molar-refractivity contribution in [1.29, 1.82) is 0 Å². The number of benzene rings is 2. The summed E-state index contributed by atoms with van der Waals surface area (Å²) in [6, 6.07) is 8.25. The molecule has 1 aliphatic carbocycles. The van der Waals surface area contributed by atoms with Crippen molar-refractivity contribution in [3.8, 4) is 11.5 Å². The van der Waals surface area contributed by atoms with Gasteiger partial charge >= 0.3 is 0 Å². The van der Waals surface area contributed by atoms with Gasteiger partial charge in [0.1, 0.15) is 12.4 Å². The van der Waals surface area contributed by atoms with Crippen LogP contribution >= 0.6 is 11.6 Å². The molecule has 0 radical (unpaired) electrons. The number of carbonyl (C=O) groups is 1. The molecule has 3 aromatic rings. The number of anilines is 2. The van der Waals surface area contributed by atoms with Gasteiger partial charge in [-0.25, -0.2) is 4.39 Å². The number of nitrogens with one attached hydrogen (secondary N) is 2.